The molecule has 0 amide bonds. The highest BCUT2D eigenvalue weighted by Crippen LogP contribution is 2.33. The minimum Gasteiger partial charge on any atom is -0.493 e. The molecule has 0 aliphatic carbocycles. The lowest BCUT2D eigenvalue weighted by molar-refractivity contribution is 0.274. The van der Waals surface area contributed by atoms with Crippen LogP contribution in [0.1, 0.15) is 23.6 Å². The number of para-hydroxylation sites is 1. The van der Waals surface area contributed by atoms with Crippen LogP contribution in [0.5, 0.6) is 5.75 Å². The molecular formula is C16H16N4O. The first-order valence-corrected chi connectivity index (χ1v) is 7.11. The molecule has 1 N–H and O–H groups in total. The van der Waals surface area contributed by atoms with E-state index in [0.29, 0.717) is 12.6 Å². The predicted octanol–water partition coefficient (Wildman–Crippen LogP) is 2.97. The summed E-state index contributed by atoms with van der Waals surface area (Å²) in [5.74, 6) is 1.60. The normalized spacial score (nSPS) is 17.3. The Kier molecular flexibility index (Phi) is 2.77. The number of ether oxygens (including phenoxy) is 1. The van der Waals surface area contributed by atoms with Crippen molar-refractivity contribution in [3.63, 3.8) is 0 Å². The molecule has 1 aliphatic heterocycles. The van der Waals surface area contributed by atoms with Crippen LogP contribution in [0.4, 0.5) is 5.95 Å². The molecule has 0 fully saturated rings. The molecule has 1 atom stereocenters. The molecular weight excluding hydrogens is 264 g/mol. The maximum absolute atomic E-state index is 5.68. The van der Waals surface area contributed by atoms with Crippen molar-refractivity contribution in [1.82, 2.24) is 14.6 Å². The van der Waals surface area contributed by atoms with Crippen molar-refractivity contribution < 1.29 is 4.74 Å². The Morgan fingerprint density at radius 2 is 2.14 bits per heavy atom. The van der Waals surface area contributed by atoms with E-state index < -0.39 is 0 Å². The van der Waals surface area contributed by atoms with Gasteiger partial charge < -0.3 is 10.1 Å². The Morgan fingerprint density at radius 1 is 1.24 bits per heavy atom. The maximum Gasteiger partial charge on any atom is 0.243 e. The first-order valence-electron chi connectivity index (χ1n) is 7.11. The van der Waals surface area contributed by atoms with Crippen LogP contribution in [0.15, 0.2) is 42.6 Å². The van der Waals surface area contributed by atoms with Crippen molar-refractivity contribution in [1.29, 1.82) is 0 Å². The molecule has 0 radical (unpaired) electrons. The van der Waals surface area contributed by atoms with Gasteiger partial charge in [-0.25, -0.2) is 4.52 Å². The van der Waals surface area contributed by atoms with E-state index in [9.17, 15) is 0 Å². The monoisotopic (exact) mass is 280 g/mol. The van der Waals surface area contributed by atoms with Crippen molar-refractivity contribution in [2.24, 2.45) is 0 Å². The third-order valence-electron chi connectivity index (χ3n) is 3.82. The zero-order chi connectivity index (χ0) is 14.2. The van der Waals surface area contributed by atoms with Gasteiger partial charge in [0, 0.05) is 18.2 Å². The van der Waals surface area contributed by atoms with Crippen LogP contribution in [0.25, 0.3) is 5.65 Å². The standard InChI is InChI=1S/C16H16N4O/c1-11-5-4-9-20-15(11)18-16(19-20)17-13-8-10-21-14-7-3-2-6-12(13)14/h2-7,9,13H,8,10H2,1H3,(H,17,19). The number of rotatable bonds is 2. The molecule has 5 nitrogen and oxygen atoms in total. The van der Waals surface area contributed by atoms with Gasteiger partial charge in [-0.1, -0.05) is 24.3 Å². The van der Waals surface area contributed by atoms with Gasteiger partial charge in [-0.15, -0.1) is 5.10 Å². The topological polar surface area (TPSA) is 51.5 Å². The lowest BCUT2D eigenvalue weighted by Crippen LogP contribution is -2.20. The van der Waals surface area contributed by atoms with Gasteiger partial charge in [0.25, 0.3) is 0 Å². The Morgan fingerprint density at radius 3 is 3.05 bits per heavy atom. The second-order valence-electron chi connectivity index (χ2n) is 5.27. The molecule has 3 heterocycles. The molecule has 5 heteroatoms. The highest BCUT2D eigenvalue weighted by atomic mass is 16.5. The van der Waals surface area contributed by atoms with Crippen molar-refractivity contribution >= 4 is 11.6 Å². The number of benzene rings is 1. The Labute approximate surface area is 122 Å². The minimum absolute atomic E-state index is 0.188. The van der Waals surface area contributed by atoms with E-state index in [2.05, 4.69) is 21.5 Å². The molecule has 0 saturated carbocycles. The molecule has 1 unspecified atom stereocenters. The number of hydrogen-bond acceptors (Lipinski definition) is 4. The summed E-state index contributed by atoms with van der Waals surface area (Å²) in [7, 11) is 0. The van der Waals surface area contributed by atoms with Crippen LogP contribution in [0.2, 0.25) is 0 Å². The van der Waals surface area contributed by atoms with E-state index in [-0.39, 0.29) is 6.04 Å². The summed E-state index contributed by atoms with van der Waals surface area (Å²) in [4.78, 5) is 4.58. The number of aryl methyl sites for hydroxylation is 1. The Hall–Kier alpha value is -2.56. The molecule has 0 saturated heterocycles. The summed E-state index contributed by atoms with van der Waals surface area (Å²) in [6.45, 7) is 2.75. The quantitative estimate of drug-likeness (QED) is 0.784. The summed E-state index contributed by atoms with van der Waals surface area (Å²) >= 11 is 0. The highest BCUT2D eigenvalue weighted by Gasteiger charge is 2.22. The lowest BCUT2D eigenvalue weighted by Gasteiger charge is -2.26. The van der Waals surface area contributed by atoms with Crippen molar-refractivity contribution in [2.75, 3.05) is 11.9 Å². The zero-order valence-corrected chi connectivity index (χ0v) is 11.8. The van der Waals surface area contributed by atoms with Gasteiger partial charge in [-0.2, -0.15) is 4.98 Å². The van der Waals surface area contributed by atoms with E-state index in [4.69, 9.17) is 4.74 Å². The Balaban J connectivity index is 1.68. The Bertz CT molecular complexity index is 796. The first-order chi connectivity index (χ1) is 10.3. The number of anilines is 1. The fourth-order valence-electron chi connectivity index (χ4n) is 2.75. The van der Waals surface area contributed by atoms with Gasteiger partial charge in [0.15, 0.2) is 5.65 Å². The molecule has 2 aromatic heterocycles. The average Bonchev–Trinajstić information content (AvgIpc) is 2.92. The second-order valence-corrected chi connectivity index (χ2v) is 5.27. The van der Waals surface area contributed by atoms with Gasteiger partial charge in [-0.3, -0.25) is 0 Å². The molecule has 21 heavy (non-hydrogen) atoms. The highest BCUT2D eigenvalue weighted by molar-refractivity contribution is 5.51. The molecule has 1 aliphatic rings. The van der Waals surface area contributed by atoms with Gasteiger partial charge in [0.05, 0.1) is 12.6 Å². The van der Waals surface area contributed by atoms with E-state index in [1.165, 1.54) is 5.56 Å². The van der Waals surface area contributed by atoms with E-state index >= 15 is 0 Å². The zero-order valence-electron chi connectivity index (χ0n) is 11.8. The number of pyridine rings is 1. The third-order valence-corrected chi connectivity index (χ3v) is 3.82. The summed E-state index contributed by atoms with van der Waals surface area (Å²) < 4.78 is 7.49. The number of hydrogen-bond donors (Lipinski definition) is 1. The smallest absolute Gasteiger partial charge is 0.243 e. The van der Waals surface area contributed by atoms with E-state index in [1.807, 2.05) is 48.0 Å². The fraction of sp³-hybridized carbons (Fsp3) is 0.250. The SMILES string of the molecule is Cc1cccn2nc(NC3CCOc4ccccc43)nc12. The molecule has 4 rings (SSSR count). The fourth-order valence-corrected chi connectivity index (χ4v) is 2.75. The van der Waals surface area contributed by atoms with Crippen LogP contribution in [-0.4, -0.2) is 21.2 Å². The number of nitrogens with zero attached hydrogens (tertiary/aromatic N) is 3. The first kappa shape index (κ1) is 12.2. The van der Waals surface area contributed by atoms with Crippen LogP contribution >= 0.6 is 0 Å². The minimum atomic E-state index is 0.188. The maximum atomic E-state index is 5.68. The average molecular weight is 280 g/mol. The summed E-state index contributed by atoms with van der Waals surface area (Å²) in [5.41, 5.74) is 3.17. The predicted molar refractivity (Wildman–Crippen MR) is 80.6 cm³/mol. The molecule has 0 bridgehead atoms. The van der Waals surface area contributed by atoms with Crippen molar-refractivity contribution in [2.45, 2.75) is 19.4 Å². The van der Waals surface area contributed by atoms with E-state index in [1.54, 1.807) is 0 Å². The summed E-state index contributed by atoms with van der Waals surface area (Å²) in [6.07, 6.45) is 2.82. The van der Waals surface area contributed by atoms with E-state index in [0.717, 1.165) is 23.4 Å². The molecule has 106 valence electrons. The molecule has 3 aromatic rings. The van der Waals surface area contributed by atoms with Gasteiger partial charge in [0.2, 0.25) is 5.95 Å². The largest absolute Gasteiger partial charge is 0.493 e. The van der Waals surface area contributed by atoms with Crippen molar-refractivity contribution in [3.05, 3.63) is 53.7 Å². The van der Waals surface area contributed by atoms with Crippen LogP contribution in [0.3, 0.4) is 0 Å². The summed E-state index contributed by atoms with van der Waals surface area (Å²) in [6, 6.07) is 12.3. The lowest BCUT2D eigenvalue weighted by atomic mass is 10.0. The number of fused-ring (bicyclic) bond motifs is 2. The second kappa shape index (κ2) is 4.77. The van der Waals surface area contributed by atoms with Crippen LogP contribution < -0.4 is 10.1 Å². The molecule has 1 aromatic carbocycles. The van der Waals surface area contributed by atoms with Crippen molar-refractivity contribution in [3.8, 4) is 5.75 Å². The van der Waals surface area contributed by atoms with Crippen LogP contribution in [0, 0.1) is 6.92 Å². The van der Waals surface area contributed by atoms with Crippen LogP contribution in [-0.2, 0) is 0 Å². The van der Waals surface area contributed by atoms with Gasteiger partial charge in [-0.05, 0) is 24.6 Å². The van der Waals surface area contributed by atoms with Gasteiger partial charge >= 0.3 is 0 Å². The molecule has 0 spiro atoms. The number of aromatic nitrogens is 3. The van der Waals surface area contributed by atoms with Gasteiger partial charge in [0.1, 0.15) is 5.75 Å². The summed E-state index contributed by atoms with van der Waals surface area (Å²) in [5, 5.41) is 7.92. The number of nitrogens with one attached hydrogen (secondary N) is 1. The third kappa shape index (κ3) is 2.11.